The van der Waals surface area contributed by atoms with Crippen molar-refractivity contribution in [3.63, 3.8) is 0 Å². The lowest BCUT2D eigenvalue weighted by Crippen LogP contribution is -2.19. The summed E-state index contributed by atoms with van der Waals surface area (Å²) >= 11 is 0. The molecule has 144 valence electrons. The van der Waals surface area contributed by atoms with Crippen LogP contribution in [0.25, 0.3) is 5.82 Å². The van der Waals surface area contributed by atoms with Crippen molar-refractivity contribution in [2.45, 2.75) is 6.92 Å². The Balaban J connectivity index is 1.40. The third kappa shape index (κ3) is 4.56. The molecule has 4 rings (SSSR count). The molecule has 0 atom stereocenters. The molecule has 29 heavy (non-hydrogen) atoms. The van der Waals surface area contributed by atoms with Gasteiger partial charge in [-0.05, 0) is 43.3 Å². The van der Waals surface area contributed by atoms with Crippen LogP contribution in [-0.4, -0.2) is 25.6 Å². The fourth-order valence-electron chi connectivity index (χ4n) is 2.68. The summed E-state index contributed by atoms with van der Waals surface area (Å²) in [5, 5.41) is 5.54. The largest absolute Gasteiger partial charge is 0.439 e. The molecule has 8 nitrogen and oxygen atoms in total. The van der Waals surface area contributed by atoms with Crippen LogP contribution in [0.5, 0.6) is 11.6 Å². The molecule has 0 fully saturated rings. The van der Waals surface area contributed by atoms with Crippen LogP contribution in [0.4, 0.5) is 16.2 Å². The van der Waals surface area contributed by atoms with Crippen LogP contribution in [0.15, 0.2) is 79.4 Å². The molecule has 0 unspecified atom stereocenters. The fraction of sp³-hybridized carbons (Fsp3) is 0.0476. The summed E-state index contributed by atoms with van der Waals surface area (Å²) in [6, 6.07) is 17.7. The van der Waals surface area contributed by atoms with E-state index >= 15 is 0 Å². The highest BCUT2D eigenvalue weighted by Gasteiger charge is 2.07. The topological polar surface area (TPSA) is 94.0 Å². The highest BCUT2D eigenvalue weighted by molar-refractivity contribution is 5.99. The summed E-state index contributed by atoms with van der Waals surface area (Å²) in [5.74, 6) is 2.48. The molecule has 0 bridgehead atoms. The monoisotopic (exact) mass is 386 g/mol. The molecule has 0 radical (unpaired) electrons. The summed E-state index contributed by atoms with van der Waals surface area (Å²) < 4.78 is 7.64. The van der Waals surface area contributed by atoms with Crippen LogP contribution in [0.1, 0.15) is 5.82 Å². The number of nitrogens with zero attached hydrogens (tertiary/aromatic N) is 4. The number of aromatic nitrogens is 4. The zero-order valence-corrected chi connectivity index (χ0v) is 15.6. The Kier molecular flexibility index (Phi) is 5.15. The minimum Gasteiger partial charge on any atom is -0.439 e. The van der Waals surface area contributed by atoms with Crippen molar-refractivity contribution in [3.05, 3.63) is 85.2 Å². The van der Waals surface area contributed by atoms with Gasteiger partial charge in [-0.1, -0.05) is 18.2 Å². The normalized spacial score (nSPS) is 10.4. The molecule has 2 heterocycles. The van der Waals surface area contributed by atoms with E-state index in [9.17, 15) is 4.79 Å². The molecule has 2 N–H and O–H groups in total. The first-order valence-corrected chi connectivity index (χ1v) is 8.91. The first-order valence-electron chi connectivity index (χ1n) is 8.91. The number of imidazole rings is 1. The number of aryl methyl sites for hydroxylation is 1. The number of benzene rings is 2. The highest BCUT2D eigenvalue weighted by Crippen LogP contribution is 2.22. The van der Waals surface area contributed by atoms with E-state index in [-0.39, 0.29) is 6.03 Å². The van der Waals surface area contributed by atoms with Crippen molar-refractivity contribution in [2.75, 3.05) is 10.6 Å². The molecule has 0 spiro atoms. The van der Waals surface area contributed by atoms with E-state index in [1.165, 1.54) is 6.33 Å². The van der Waals surface area contributed by atoms with Crippen molar-refractivity contribution < 1.29 is 9.53 Å². The van der Waals surface area contributed by atoms with Gasteiger partial charge in [-0.15, -0.1) is 0 Å². The first kappa shape index (κ1) is 18.2. The second-order valence-corrected chi connectivity index (χ2v) is 6.13. The molecule has 0 saturated carbocycles. The summed E-state index contributed by atoms with van der Waals surface area (Å²) in [6.07, 6.45) is 4.97. The fourth-order valence-corrected chi connectivity index (χ4v) is 2.68. The lowest BCUT2D eigenvalue weighted by molar-refractivity contribution is 0.262. The molecule has 4 aromatic rings. The zero-order chi connectivity index (χ0) is 20.1. The zero-order valence-electron chi connectivity index (χ0n) is 15.6. The quantitative estimate of drug-likeness (QED) is 0.530. The standard InChI is InChI=1S/C21H18N6O2/c1-15-22-11-12-27(15)19-13-20(24-14-23-19)29-18-9-7-17(8-10-18)26-21(28)25-16-5-3-2-4-6-16/h2-14H,1H3,(H2,25,26,28). The lowest BCUT2D eigenvalue weighted by Gasteiger charge is -2.09. The Hall–Kier alpha value is -4.20. The molecule has 0 aliphatic rings. The molecule has 0 aliphatic carbocycles. The van der Waals surface area contributed by atoms with Crippen LogP contribution in [0, 0.1) is 6.92 Å². The number of urea groups is 1. The average molecular weight is 386 g/mol. The number of para-hydroxylation sites is 1. The van der Waals surface area contributed by atoms with Crippen molar-refractivity contribution in [2.24, 2.45) is 0 Å². The number of anilines is 2. The summed E-state index contributed by atoms with van der Waals surface area (Å²) in [4.78, 5) is 24.6. The molecule has 0 saturated heterocycles. The van der Waals surface area contributed by atoms with E-state index in [0.717, 1.165) is 11.5 Å². The van der Waals surface area contributed by atoms with Gasteiger partial charge >= 0.3 is 6.03 Å². The average Bonchev–Trinajstić information content (AvgIpc) is 3.16. The van der Waals surface area contributed by atoms with Crippen molar-refractivity contribution in [1.82, 2.24) is 19.5 Å². The maximum atomic E-state index is 12.1. The summed E-state index contributed by atoms with van der Waals surface area (Å²) in [5.41, 5.74) is 1.36. The van der Waals surface area contributed by atoms with E-state index < -0.39 is 0 Å². The number of carbonyl (C=O) groups is 1. The number of rotatable bonds is 5. The Morgan fingerprint density at radius 2 is 1.66 bits per heavy atom. The molecule has 2 amide bonds. The van der Waals surface area contributed by atoms with Gasteiger partial charge in [0.2, 0.25) is 5.88 Å². The van der Waals surface area contributed by atoms with Gasteiger partial charge < -0.3 is 15.4 Å². The third-order valence-corrected chi connectivity index (χ3v) is 4.07. The summed E-state index contributed by atoms with van der Waals surface area (Å²) in [7, 11) is 0. The SMILES string of the molecule is Cc1nccn1-c1cc(Oc2ccc(NC(=O)Nc3ccccc3)cc2)ncn1. The van der Waals surface area contributed by atoms with Gasteiger partial charge in [0.25, 0.3) is 0 Å². The second kappa shape index (κ2) is 8.22. The Labute approximate surface area is 167 Å². The van der Waals surface area contributed by atoms with Crippen molar-refractivity contribution in [3.8, 4) is 17.4 Å². The molecule has 0 aliphatic heterocycles. The van der Waals surface area contributed by atoms with Gasteiger partial charge in [0.1, 0.15) is 23.7 Å². The van der Waals surface area contributed by atoms with E-state index in [4.69, 9.17) is 4.74 Å². The van der Waals surface area contributed by atoms with Crippen molar-refractivity contribution in [1.29, 1.82) is 0 Å². The molecular formula is C21H18N6O2. The van der Waals surface area contributed by atoms with Crippen LogP contribution in [-0.2, 0) is 0 Å². The number of ether oxygens (including phenoxy) is 1. The minimum absolute atomic E-state index is 0.319. The maximum Gasteiger partial charge on any atom is 0.323 e. The number of nitrogens with one attached hydrogen (secondary N) is 2. The van der Waals surface area contributed by atoms with E-state index in [0.29, 0.717) is 23.1 Å². The van der Waals surface area contributed by atoms with Gasteiger partial charge in [0.05, 0.1) is 0 Å². The number of amides is 2. The van der Waals surface area contributed by atoms with E-state index in [2.05, 4.69) is 25.6 Å². The van der Waals surface area contributed by atoms with E-state index in [1.54, 1.807) is 36.5 Å². The Morgan fingerprint density at radius 1 is 0.931 bits per heavy atom. The van der Waals surface area contributed by atoms with Gasteiger partial charge in [0.15, 0.2) is 0 Å². The third-order valence-electron chi connectivity index (χ3n) is 4.07. The van der Waals surface area contributed by atoms with E-state index in [1.807, 2.05) is 48.0 Å². The predicted octanol–water partition coefficient (Wildman–Crippen LogP) is 4.41. The summed E-state index contributed by atoms with van der Waals surface area (Å²) in [6.45, 7) is 1.89. The van der Waals surface area contributed by atoms with Crippen LogP contribution >= 0.6 is 0 Å². The van der Waals surface area contributed by atoms with Gasteiger partial charge in [0, 0.05) is 29.8 Å². The maximum absolute atomic E-state index is 12.1. The predicted molar refractivity (Wildman–Crippen MR) is 109 cm³/mol. The molecule has 2 aromatic heterocycles. The lowest BCUT2D eigenvalue weighted by atomic mass is 10.3. The van der Waals surface area contributed by atoms with Crippen LogP contribution in [0.3, 0.4) is 0 Å². The second-order valence-electron chi connectivity index (χ2n) is 6.13. The smallest absolute Gasteiger partial charge is 0.323 e. The number of hydrogen-bond donors (Lipinski definition) is 2. The molecule has 8 heteroatoms. The van der Waals surface area contributed by atoms with Crippen LogP contribution < -0.4 is 15.4 Å². The first-order chi connectivity index (χ1) is 14.2. The minimum atomic E-state index is -0.319. The Bertz CT molecular complexity index is 1110. The number of hydrogen-bond acceptors (Lipinski definition) is 5. The van der Waals surface area contributed by atoms with Gasteiger partial charge in [-0.3, -0.25) is 4.57 Å². The number of carbonyl (C=O) groups excluding carboxylic acids is 1. The van der Waals surface area contributed by atoms with Gasteiger partial charge in [-0.2, -0.15) is 0 Å². The highest BCUT2D eigenvalue weighted by atomic mass is 16.5. The van der Waals surface area contributed by atoms with Gasteiger partial charge in [-0.25, -0.2) is 19.7 Å². The Morgan fingerprint density at radius 3 is 2.34 bits per heavy atom. The van der Waals surface area contributed by atoms with Crippen LogP contribution in [0.2, 0.25) is 0 Å². The van der Waals surface area contributed by atoms with Crippen molar-refractivity contribution >= 4 is 17.4 Å². The molecular weight excluding hydrogens is 368 g/mol. The molecule has 2 aromatic carbocycles.